The highest BCUT2D eigenvalue weighted by Crippen LogP contribution is 2.38. The summed E-state index contributed by atoms with van der Waals surface area (Å²) in [6.45, 7) is 3.28. The van der Waals surface area contributed by atoms with Crippen molar-refractivity contribution in [3.05, 3.63) is 58.7 Å². The van der Waals surface area contributed by atoms with Gasteiger partial charge in [-0.25, -0.2) is 0 Å². The maximum absolute atomic E-state index is 13.7. The summed E-state index contributed by atoms with van der Waals surface area (Å²) in [7, 11) is 1.39. The molecule has 0 radical (unpaired) electrons. The number of hydrogen-bond acceptors (Lipinski definition) is 8. The SMILES string of the molecule is CCCN(CC1CCC(OC(C)=O)CC1)c1ccc(OC(F)(F)F)cc1CN(Cc1cc(C(F)(F)F)cc(C(F)(F)F)c1)c1nnn(C)n1.Cl. The van der Waals surface area contributed by atoms with Crippen LogP contribution < -0.4 is 14.5 Å². The van der Waals surface area contributed by atoms with Gasteiger partial charge in [0.25, 0.3) is 5.95 Å². The summed E-state index contributed by atoms with van der Waals surface area (Å²) in [5, 5.41) is 11.7. The van der Waals surface area contributed by atoms with Crippen molar-refractivity contribution in [2.75, 3.05) is 22.9 Å². The smallest absolute Gasteiger partial charge is 0.463 e. The number of hydrogen-bond donors (Lipinski definition) is 0. The maximum atomic E-state index is 13.7. The van der Waals surface area contributed by atoms with Crippen molar-refractivity contribution in [2.24, 2.45) is 13.0 Å². The van der Waals surface area contributed by atoms with Crippen LogP contribution in [-0.4, -0.2) is 51.7 Å². The Morgan fingerprint density at radius 2 is 1.52 bits per heavy atom. The van der Waals surface area contributed by atoms with Crippen LogP contribution in [0.2, 0.25) is 0 Å². The van der Waals surface area contributed by atoms with E-state index in [1.165, 1.54) is 24.9 Å². The lowest BCUT2D eigenvalue weighted by Gasteiger charge is -2.35. The second-order valence-electron chi connectivity index (χ2n) is 11.9. The highest BCUT2D eigenvalue weighted by atomic mass is 35.5. The van der Waals surface area contributed by atoms with Gasteiger partial charge in [-0.2, -0.15) is 31.1 Å². The van der Waals surface area contributed by atoms with E-state index in [1.54, 1.807) is 0 Å². The van der Waals surface area contributed by atoms with Crippen LogP contribution >= 0.6 is 12.4 Å². The fourth-order valence-electron chi connectivity index (χ4n) is 5.89. The van der Waals surface area contributed by atoms with Gasteiger partial charge in [-0.1, -0.05) is 12.0 Å². The number of carbonyl (C=O) groups is 1. The monoisotopic (exact) mass is 746 g/mol. The number of ether oxygens (including phenoxy) is 2. The third-order valence-electron chi connectivity index (χ3n) is 7.89. The zero-order valence-electron chi connectivity index (χ0n) is 27.2. The first-order valence-corrected chi connectivity index (χ1v) is 15.4. The number of rotatable bonds is 12. The van der Waals surface area contributed by atoms with Crippen molar-refractivity contribution in [2.45, 2.75) is 83.9 Å². The Labute approximate surface area is 288 Å². The Morgan fingerprint density at radius 1 is 0.900 bits per heavy atom. The summed E-state index contributed by atoms with van der Waals surface area (Å²) in [5.41, 5.74) is -2.74. The lowest BCUT2D eigenvalue weighted by Crippen LogP contribution is -2.35. The van der Waals surface area contributed by atoms with Gasteiger partial charge >= 0.3 is 24.7 Å². The van der Waals surface area contributed by atoms with Gasteiger partial charge in [-0.3, -0.25) is 4.79 Å². The van der Waals surface area contributed by atoms with Crippen LogP contribution in [0.15, 0.2) is 36.4 Å². The van der Waals surface area contributed by atoms with Gasteiger partial charge in [0.1, 0.15) is 11.9 Å². The molecule has 0 atom stereocenters. The summed E-state index contributed by atoms with van der Waals surface area (Å²) in [4.78, 5) is 15.6. The van der Waals surface area contributed by atoms with E-state index in [9.17, 15) is 44.3 Å². The number of benzene rings is 2. The molecule has 0 unspecified atom stereocenters. The third kappa shape index (κ3) is 11.6. The van der Waals surface area contributed by atoms with Crippen molar-refractivity contribution in [1.29, 1.82) is 0 Å². The van der Waals surface area contributed by atoms with Crippen LogP contribution in [0.1, 0.15) is 68.2 Å². The molecule has 278 valence electrons. The average molecular weight is 747 g/mol. The predicted molar refractivity (Wildman–Crippen MR) is 166 cm³/mol. The molecule has 1 fully saturated rings. The number of esters is 1. The largest absolute Gasteiger partial charge is 0.573 e. The normalized spacial score (nSPS) is 16.8. The van der Waals surface area contributed by atoms with E-state index >= 15 is 0 Å². The summed E-state index contributed by atoms with van der Waals surface area (Å²) in [6.07, 6.45) is -12.1. The molecule has 1 aliphatic carbocycles. The van der Waals surface area contributed by atoms with Gasteiger partial charge in [0.2, 0.25) is 0 Å². The Morgan fingerprint density at radius 3 is 2.02 bits per heavy atom. The van der Waals surface area contributed by atoms with E-state index in [1.807, 2.05) is 11.8 Å². The topological polar surface area (TPSA) is 85.6 Å². The number of tetrazole rings is 1. The number of carbonyl (C=O) groups excluding carboxylic acids is 1. The van der Waals surface area contributed by atoms with Crippen molar-refractivity contribution in [3.8, 4) is 5.75 Å². The van der Waals surface area contributed by atoms with Crippen molar-refractivity contribution in [1.82, 2.24) is 20.2 Å². The van der Waals surface area contributed by atoms with Crippen LogP contribution in [0.4, 0.5) is 51.1 Å². The molecule has 2 aromatic carbocycles. The molecule has 1 heterocycles. The Hall–Kier alpha value is -3.96. The lowest BCUT2D eigenvalue weighted by molar-refractivity contribution is -0.274. The molecule has 0 aliphatic heterocycles. The highest BCUT2D eigenvalue weighted by Gasteiger charge is 2.37. The van der Waals surface area contributed by atoms with E-state index in [4.69, 9.17) is 4.74 Å². The molecule has 1 saturated carbocycles. The Kier molecular flexibility index (Phi) is 13.3. The van der Waals surface area contributed by atoms with Gasteiger partial charge < -0.3 is 19.3 Å². The van der Waals surface area contributed by atoms with Crippen molar-refractivity contribution in [3.63, 3.8) is 0 Å². The predicted octanol–water partition coefficient (Wildman–Crippen LogP) is 8.11. The number of aromatic nitrogens is 4. The molecule has 9 nitrogen and oxygen atoms in total. The first-order chi connectivity index (χ1) is 22.8. The first kappa shape index (κ1) is 40.5. The summed E-state index contributed by atoms with van der Waals surface area (Å²) < 4.78 is 131. The zero-order chi connectivity index (χ0) is 36.1. The molecular weight excluding hydrogens is 711 g/mol. The molecule has 19 heteroatoms. The molecule has 0 N–H and O–H groups in total. The highest BCUT2D eigenvalue weighted by molar-refractivity contribution is 5.85. The van der Waals surface area contributed by atoms with Crippen LogP contribution in [0.3, 0.4) is 0 Å². The fraction of sp³-hybridized carbons (Fsp3) is 0.548. The molecule has 0 amide bonds. The van der Waals surface area contributed by atoms with Crippen LogP contribution in [0.5, 0.6) is 5.75 Å². The standard InChI is InChI=1S/C31H35F9N6O3.ClH/c1-4-11-45(16-20-5-7-25(8-6-20)48-19(2)47)27-10-9-26(49-31(38,39)40)14-22(27)18-46(28-41-43-44(3)42-28)17-21-12-23(29(32,33)34)15-24(13-21)30(35,36)37;/h9-10,12-15,20,25H,4-8,11,16-18H2,1-3H3;1H. The second kappa shape index (κ2) is 16.4. The van der Waals surface area contributed by atoms with E-state index in [0.717, 1.165) is 29.8 Å². The molecule has 4 rings (SSSR count). The average Bonchev–Trinajstić information content (AvgIpc) is 3.42. The van der Waals surface area contributed by atoms with E-state index in [-0.39, 0.29) is 54.5 Å². The summed E-state index contributed by atoms with van der Waals surface area (Å²) >= 11 is 0. The zero-order valence-corrected chi connectivity index (χ0v) is 28.0. The molecular formula is C31H36ClF9N6O3. The third-order valence-corrected chi connectivity index (χ3v) is 7.89. The minimum absolute atomic E-state index is 0. The number of anilines is 2. The molecule has 1 aromatic heterocycles. The van der Waals surface area contributed by atoms with Gasteiger partial charge in [0, 0.05) is 38.8 Å². The van der Waals surface area contributed by atoms with Gasteiger partial charge in [-0.05, 0) is 90.8 Å². The number of nitrogens with zero attached hydrogens (tertiary/aromatic N) is 6. The molecule has 0 spiro atoms. The van der Waals surface area contributed by atoms with E-state index in [0.29, 0.717) is 50.2 Å². The molecule has 1 aliphatic rings. The minimum Gasteiger partial charge on any atom is -0.463 e. The van der Waals surface area contributed by atoms with Crippen LogP contribution in [0, 0.1) is 5.92 Å². The quantitative estimate of drug-likeness (QED) is 0.136. The molecule has 3 aromatic rings. The molecule has 50 heavy (non-hydrogen) atoms. The second-order valence-corrected chi connectivity index (χ2v) is 11.9. The fourth-order valence-corrected chi connectivity index (χ4v) is 5.89. The van der Waals surface area contributed by atoms with Gasteiger partial charge in [0.05, 0.1) is 18.2 Å². The van der Waals surface area contributed by atoms with E-state index in [2.05, 4.69) is 20.1 Å². The molecule has 0 bridgehead atoms. The minimum atomic E-state index is -5.10. The van der Waals surface area contributed by atoms with E-state index < -0.39 is 47.7 Å². The molecule has 0 saturated heterocycles. The van der Waals surface area contributed by atoms with Crippen molar-refractivity contribution < 1.29 is 53.8 Å². The van der Waals surface area contributed by atoms with Gasteiger partial charge in [0.15, 0.2) is 0 Å². The lowest BCUT2D eigenvalue weighted by atomic mass is 9.86. The van der Waals surface area contributed by atoms with Crippen LogP contribution in [-0.2, 0) is 42.0 Å². The first-order valence-electron chi connectivity index (χ1n) is 15.4. The van der Waals surface area contributed by atoms with Gasteiger partial charge in [-0.15, -0.1) is 30.7 Å². The van der Waals surface area contributed by atoms with Crippen LogP contribution in [0.25, 0.3) is 0 Å². The number of aryl methyl sites for hydroxylation is 1. The Bertz CT molecular complexity index is 1540. The van der Waals surface area contributed by atoms with Crippen molar-refractivity contribution >= 4 is 30.0 Å². The Balaban J connectivity index is 0.00000676. The number of halogens is 10. The number of alkyl halides is 9. The summed E-state index contributed by atoms with van der Waals surface area (Å²) in [5.74, 6) is -0.993. The maximum Gasteiger partial charge on any atom is 0.573 e. The summed E-state index contributed by atoms with van der Waals surface area (Å²) in [6, 6.07) is 4.84.